The standard InChI is InChI=1S/C14H23NO2S/c1-14(2,10-15-8-12(17)9-16)11-4-6-13(18-3)7-5-11/h4-7,12,15-17H,8-10H2,1-3H3. The lowest BCUT2D eigenvalue weighted by molar-refractivity contribution is 0.0934. The molecule has 1 rings (SSSR count). The number of rotatable bonds is 7. The summed E-state index contributed by atoms with van der Waals surface area (Å²) in [4.78, 5) is 1.26. The SMILES string of the molecule is CSc1ccc(C(C)(C)CNCC(O)CO)cc1. The van der Waals surface area contributed by atoms with Crippen LogP contribution >= 0.6 is 11.8 Å². The summed E-state index contributed by atoms with van der Waals surface area (Å²) in [5, 5.41) is 21.2. The second-order valence-electron chi connectivity index (χ2n) is 5.08. The molecular formula is C14H23NO2S. The molecule has 1 unspecified atom stereocenters. The summed E-state index contributed by atoms with van der Waals surface area (Å²) in [6.45, 7) is 5.32. The van der Waals surface area contributed by atoms with Crippen LogP contribution in [-0.4, -0.2) is 42.3 Å². The third kappa shape index (κ3) is 4.61. The average Bonchev–Trinajstić information content (AvgIpc) is 2.38. The van der Waals surface area contributed by atoms with Crippen molar-refractivity contribution >= 4 is 11.8 Å². The molecule has 0 spiro atoms. The molecular weight excluding hydrogens is 246 g/mol. The number of hydrogen-bond acceptors (Lipinski definition) is 4. The van der Waals surface area contributed by atoms with E-state index in [9.17, 15) is 5.11 Å². The van der Waals surface area contributed by atoms with Crippen LogP contribution in [0.4, 0.5) is 0 Å². The van der Waals surface area contributed by atoms with Crippen molar-refractivity contribution in [2.24, 2.45) is 0 Å². The molecule has 0 bridgehead atoms. The van der Waals surface area contributed by atoms with Crippen LogP contribution < -0.4 is 5.32 Å². The van der Waals surface area contributed by atoms with E-state index in [1.807, 2.05) is 0 Å². The molecule has 1 atom stereocenters. The number of thioether (sulfide) groups is 1. The maximum Gasteiger partial charge on any atom is 0.0894 e. The van der Waals surface area contributed by atoms with Gasteiger partial charge in [0.25, 0.3) is 0 Å². The van der Waals surface area contributed by atoms with Crippen LogP contribution in [0, 0.1) is 0 Å². The van der Waals surface area contributed by atoms with Gasteiger partial charge in [0.05, 0.1) is 12.7 Å². The Kier molecular flexibility index (Phi) is 6.15. The average molecular weight is 269 g/mol. The quantitative estimate of drug-likeness (QED) is 0.659. The number of nitrogens with one attached hydrogen (secondary N) is 1. The molecule has 1 aromatic carbocycles. The van der Waals surface area contributed by atoms with Crippen molar-refractivity contribution in [3.8, 4) is 0 Å². The summed E-state index contributed by atoms with van der Waals surface area (Å²) in [7, 11) is 0. The fraction of sp³-hybridized carbons (Fsp3) is 0.571. The van der Waals surface area contributed by atoms with E-state index in [0.29, 0.717) is 6.54 Å². The molecule has 3 nitrogen and oxygen atoms in total. The fourth-order valence-electron chi connectivity index (χ4n) is 1.76. The van der Waals surface area contributed by atoms with Gasteiger partial charge in [-0.2, -0.15) is 0 Å². The van der Waals surface area contributed by atoms with Gasteiger partial charge >= 0.3 is 0 Å². The van der Waals surface area contributed by atoms with Crippen LogP contribution in [0.1, 0.15) is 19.4 Å². The molecule has 102 valence electrons. The van der Waals surface area contributed by atoms with E-state index in [0.717, 1.165) is 6.54 Å². The molecule has 0 aromatic heterocycles. The van der Waals surface area contributed by atoms with Crippen molar-refractivity contribution in [3.05, 3.63) is 29.8 Å². The molecule has 4 heteroatoms. The molecule has 1 aromatic rings. The Hall–Kier alpha value is -0.550. The highest BCUT2D eigenvalue weighted by Gasteiger charge is 2.20. The van der Waals surface area contributed by atoms with E-state index in [2.05, 4.69) is 49.7 Å². The van der Waals surface area contributed by atoms with Crippen molar-refractivity contribution in [3.63, 3.8) is 0 Å². The zero-order valence-corrected chi connectivity index (χ0v) is 12.1. The normalized spacial score (nSPS) is 13.6. The van der Waals surface area contributed by atoms with Crippen molar-refractivity contribution in [2.75, 3.05) is 26.0 Å². The Morgan fingerprint density at radius 3 is 2.39 bits per heavy atom. The topological polar surface area (TPSA) is 52.5 Å². The lowest BCUT2D eigenvalue weighted by Crippen LogP contribution is -2.38. The minimum absolute atomic E-state index is 0.00607. The van der Waals surface area contributed by atoms with E-state index in [4.69, 9.17) is 5.11 Å². The van der Waals surface area contributed by atoms with Crippen LogP contribution in [0.15, 0.2) is 29.2 Å². The Morgan fingerprint density at radius 1 is 1.28 bits per heavy atom. The van der Waals surface area contributed by atoms with Crippen LogP contribution in [0.2, 0.25) is 0 Å². The minimum Gasteiger partial charge on any atom is -0.394 e. The first-order valence-electron chi connectivity index (χ1n) is 6.14. The lowest BCUT2D eigenvalue weighted by atomic mass is 9.84. The van der Waals surface area contributed by atoms with Gasteiger partial charge in [-0.1, -0.05) is 26.0 Å². The number of aliphatic hydroxyl groups is 2. The van der Waals surface area contributed by atoms with Gasteiger partial charge in [0.1, 0.15) is 0 Å². The maximum absolute atomic E-state index is 9.28. The molecule has 18 heavy (non-hydrogen) atoms. The second kappa shape index (κ2) is 7.14. The predicted molar refractivity (Wildman–Crippen MR) is 77.2 cm³/mol. The molecule has 3 N–H and O–H groups in total. The van der Waals surface area contributed by atoms with Gasteiger partial charge in [0.2, 0.25) is 0 Å². The summed E-state index contributed by atoms with van der Waals surface area (Å²) < 4.78 is 0. The molecule has 0 amide bonds. The predicted octanol–water partition coefficient (Wildman–Crippen LogP) is 1.63. The highest BCUT2D eigenvalue weighted by molar-refractivity contribution is 7.98. The van der Waals surface area contributed by atoms with E-state index in [1.54, 1.807) is 11.8 Å². The van der Waals surface area contributed by atoms with Gasteiger partial charge in [-0.05, 0) is 24.0 Å². The summed E-state index contributed by atoms with van der Waals surface area (Å²) >= 11 is 1.74. The van der Waals surface area contributed by atoms with Gasteiger partial charge in [0.15, 0.2) is 0 Å². The second-order valence-corrected chi connectivity index (χ2v) is 5.96. The lowest BCUT2D eigenvalue weighted by Gasteiger charge is -2.26. The largest absolute Gasteiger partial charge is 0.394 e. The Labute approximate surface area is 114 Å². The molecule has 0 saturated carbocycles. The van der Waals surface area contributed by atoms with E-state index >= 15 is 0 Å². The zero-order chi connectivity index (χ0) is 13.6. The highest BCUT2D eigenvalue weighted by Crippen LogP contribution is 2.24. The molecule has 0 aliphatic heterocycles. The van der Waals surface area contributed by atoms with Crippen LogP contribution in [-0.2, 0) is 5.41 Å². The van der Waals surface area contributed by atoms with Gasteiger partial charge in [-0.25, -0.2) is 0 Å². The van der Waals surface area contributed by atoms with Crippen molar-refractivity contribution in [2.45, 2.75) is 30.3 Å². The molecule has 0 fully saturated rings. The first-order chi connectivity index (χ1) is 8.49. The third-order valence-corrected chi connectivity index (χ3v) is 3.77. The highest BCUT2D eigenvalue weighted by atomic mass is 32.2. The number of benzene rings is 1. The van der Waals surface area contributed by atoms with Gasteiger partial charge < -0.3 is 15.5 Å². The summed E-state index contributed by atoms with van der Waals surface area (Å²) in [6.07, 6.45) is 1.39. The fourth-order valence-corrected chi connectivity index (χ4v) is 2.17. The number of aliphatic hydroxyl groups excluding tert-OH is 2. The Balaban J connectivity index is 2.56. The zero-order valence-electron chi connectivity index (χ0n) is 11.3. The van der Waals surface area contributed by atoms with Gasteiger partial charge in [-0.3, -0.25) is 0 Å². The molecule has 0 aliphatic carbocycles. The van der Waals surface area contributed by atoms with E-state index in [-0.39, 0.29) is 12.0 Å². The van der Waals surface area contributed by atoms with E-state index in [1.165, 1.54) is 10.5 Å². The van der Waals surface area contributed by atoms with Gasteiger partial charge in [0, 0.05) is 23.4 Å². The third-order valence-electron chi connectivity index (χ3n) is 3.03. The van der Waals surface area contributed by atoms with E-state index < -0.39 is 6.10 Å². The van der Waals surface area contributed by atoms with Gasteiger partial charge in [-0.15, -0.1) is 11.8 Å². The molecule has 0 saturated heterocycles. The molecule has 0 heterocycles. The number of hydrogen-bond donors (Lipinski definition) is 3. The van der Waals surface area contributed by atoms with Crippen molar-refractivity contribution in [1.82, 2.24) is 5.32 Å². The van der Waals surface area contributed by atoms with Crippen molar-refractivity contribution in [1.29, 1.82) is 0 Å². The van der Waals surface area contributed by atoms with Crippen molar-refractivity contribution < 1.29 is 10.2 Å². The molecule has 0 aliphatic rings. The monoisotopic (exact) mass is 269 g/mol. The molecule has 0 radical (unpaired) electrons. The van der Waals surface area contributed by atoms with Crippen LogP contribution in [0.3, 0.4) is 0 Å². The summed E-state index contributed by atoms with van der Waals surface area (Å²) in [5.41, 5.74) is 1.28. The summed E-state index contributed by atoms with van der Waals surface area (Å²) in [5.74, 6) is 0. The Bertz CT molecular complexity index is 351. The Morgan fingerprint density at radius 2 is 1.89 bits per heavy atom. The smallest absolute Gasteiger partial charge is 0.0894 e. The minimum atomic E-state index is -0.681. The summed E-state index contributed by atoms with van der Waals surface area (Å²) in [6, 6.07) is 8.56. The maximum atomic E-state index is 9.28. The first kappa shape index (κ1) is 15.5. The van der Waals surface area contributed by atoms with Crippen LogP contribution in [0.25, 0.3) is 0 Å². The van der Waals surface area contributed by atoms with Crippen LogP contribution in [0.5, 0.6) is 0 Å². The first-order valence-corrected chi connectivity index (χ1v) is 7.36.